The van der Waals surface area contributed by atoms with E-state index in [0.29, 0.717) is 16.0 Å². The molecule has 0 aliphatic carbocycles. The number of carbonyl (C=O) groups excluding carboxylic acids is 1. The van der Waals surface area contributed by atoms with Crippen LogP contribution in [0.1, 0.15) is 0 Å². The van der Waals surface area contributed by atoms with Gasteiger partial charge in [0.1, 0.15) is 12.1 Å². The van der Waals surface area contributed by atoms with E-state index >= 15 is 0 Å². The Labute approximate surface area is 113 Å². The summed E-state index contributed by atoms with van der Waals surface area (Å²) < 4.78 is 1.75. The Morgan fingerprint density at radius 2 is 2.39 bits per heavy atom. The number of rotatable bonds is 4. The summed E-state index contributed by atoms with van der Waals surface area (Å²) in [7, 11) is 1.82. The van der Waals surface area contributed by atoms with Gasteiger partial charge in [0.15, 0.2) is 5.16 Å². The van der Waals surface area contributed by atoms with Crippen molar-refractivity contribution >= 4 is 35.1 Å². The molecule has 1 N–H and O–H groups in total. The van der Waals surface area contributed by atoms with E-state index < -0.39 is 0 Å². The molecule has 0 aromatic carbocycles. The highest BCUT2D eigenvalue weighted by Crippen LogP contribution is 2.14. The molecule has 0 unspecified atom stereocenters. The number of hydrogen-bond donors (Lipinski definition) is 1. The Kier molecular flexibility index (Phi) is 4.16. The molecule has 0 radical (unpaired) electrons. The molecule has 0 aliphatic rings. The van der Waals surface area contributed by atoms with E-state index in [9.17, 15) is 4.79 Å². The zero-order valence-electron chi connectivity index (χ0n) is 9.50. The van der Waals surface area contributed by atoms with Gasteiger partial charge in [0.05, 0.1) is 10.8 Å². The van der Waals surface area contributed by atoms with E-state index in [2.05, 4.69) is 20.5 Å². The van der Waals surface area contributed by atoms with Crippen LogP contribution >= 0.6 is 23.4 Å². The van der Waals surface area contributed by atoms with Crippen molar-refractivity contribution in [3.63, 3.8) is 0 Å². The molecule has 18 heavy (non-hydrogen) atoms. The van der Waals surface area contributed by atoms with Crippen molar-refractivity contribution in [1.82, 2.24) is 19.7 Å². The molecule has 2 rings (SSSR count). The Morgan fingerprint density at radius 1 is 1.56 bits per heavy atom. The zero-order chi connectivity index (χ0) is 13.0. The van der Waals surface area contributed by atoms with E-state index in [1.54, 1.807) is 23.0 Å². The SMILES string of the molecule is Cn1cnnc1SCC(=O)Nc1ccc(Cl)cn1. The Hall–Kier alpha value is -1.60. The number of anilines is 1. The maximum absolute atomic E-state index is 11.6. The molecule has 6 nitrogen and oxygen atoms in total. The first-order valence-electron chi connectivity index (χ1n) is 5.03. The number of nitrogens with zero attached hydrogens (tertiary/aromatic N) is 4. The molecule has 2 aromatic heterocycles. The largest absolute Gasteiger partial charge is 0.312 e. The quantitative estimate of drug-likeness (QED) is 0.863. The van der Waals surface area contributed by atoms with E-state index in [4.69, 9.17) is 11.6 Å². The van der Waals surface area contributed by atoms with Crippen LogP contribution in [-0.2, 0) is 11.8 Å². The molecule has 0 spiro atoms. The molecule has 0 atom stereocenters. The molecule has 94 valence electrons. The first kappa shape index (κ1) is 12.8. The van der Waals surface area contributed by atoms with Crippen molar-refractivity contribution in [3.8, 4) is 0 Å². The third kappa shape index (κ3) is 3.44. The minimum atomic E-state index is -0.155. The summed E-state index contributed by atoms with van der Waals surface area (Å²) in [6.07, 6.45) is 3.06. The summed E-state index contributed by atoms with van der Waals surface area (Å²) in [4.78, 5) is 15.6. The lowest BCUT2D eigenvalue weighted by atomic mass is 10.4. The van der Waals surface area contributed by atoms with Crippen molar-refractivity contribution in [2.24, 2.45) is 7.05 Å². The average molecular weight is 284 g/mol. The molecule has 2 heterocycles. The minimum absolute atomic E-state index is 0.155. The summed E-state index contributed by atoms with van der Waals surface area (Å²) >= 11 is 7.00. The molecular weight excluding hydrogens is 274 g/mol. The van der Waals surface area contributed by atoms with Crippen LogP contribution in [0, 0.1) is 0 Å². The van der Waals surface area contributed by atoms with Gasteiger partial charge in [-0.15, -0.1) is 10.2 Å². The van der Waals surface area contributed by atoms with Crippen LogP contribution in [0.4, 0.5) is 5.82 Å². The predicted molar refractivity (Wildman–Crippen MR) is 69.6 cm³/mol. The second-order valence-corrected chi connectivity index (χ2v) is 4.80. The molecule has 8 heteroatoms. The standard InChI is InChI=1S/C10H10ClN5OS/c1-16-6-13-15-10(16)18-5-9(17)14-8-3-2-7(11)4-12-8/h2-4,6H,5H2,1H3,(H,12,14,17). The number of nitrogens with one attached hydrogen (secondary N) is 1. The first-order chi connectivity index (χ1) is 8.65. The number of hydrogen-bond acceptors (Lipinski definition) is 5. The molecule has 0 saturated heterocycles. The zero-order valence-corrected chi connectivity index (χ0v) is 11.1. The van der Waals surface area contributed by atoms with Crippen molar-refractivity contribution in [1.29, 1.82) is 0 Å². The van der Waals surface area contributed by atoms with Crippen LogP contribution in [-0.4, -0.2) is 31.4 Å². The highest BCUT2D eigenvalue weighted by atomic mass is 35.5. The summed E-state index contributed by atoms with van der Waals surface area (Å²) in [6.45, 7) is 0. The lowest BCUT2D eigenvalue weighted by Gasteiger charge is -2.03. The van der Waals surface area contributed by atoms with Gasteiger partial charge in [-0.2, -0.15) is 0 Å². The van der Waals surface area contributed by atoms with Crippen molar-refractivity contribution in [2.45, 2.75) is 5.16 Å². The second-order valence-electron chi connectivity index (χ2n) is 3.42. The maximum Gasteiger partial charge on any atom is 0.236 e. The smallest absolute Gasteiger partial charge is 0.236 e. The van der Waals surface area contributed by atoms with Gasteiger partial charge in [-0.1, -0.05) is 23.4 Å². The Balaban J connectivity index is 1.86. The van der Waals surface area contributed by atoms with Crippen molar-refractivity contribution in [3.05, 3.63) is 29.7 Å². The molecular formula is C10H10ClN5OS. The van der Waals surface area contributed by atoms with E-state index in [0.717, 1.165) is 0 Å². The number of halogens is 1. The maximum atomic E-state index is 11.6. The topological polar surface area (TPSA) is 72.7 Å². The number of carbonyl (C=O) groups is 1. The Bertz CT molecular complexity index is 541. The Morgan fingerprint density at radius 3 is 3.00 bits per heavy atom. The summed E-state index contributed by atoms with van der Waals surface area (Å²) in [6, 6.07) is 3.31. The number of aromatic nitrogens is 4. The van der Waals surface area contributed by atoms with Gasteiger partial charge in [-0.3, -0.25) is 4.79 Å². The van der Waals surface area contributed by atoms with E-state index in [-0.39, 0.29) is 11.7 Å². The molecule has 0 saturated carbocycles. The second kappa shape index (κ2) is 5.83. The third-order valence-electron chi connectivity index (χ3n) is 2.00. The van der Waals surface area contributed by atoms with Gasteiger partial charge in [-0.25, -0.2) is 4.98 Å². The lowest BCUT2D eigenvalue weighted by Crippen LogP contribution is -2.15. The summed E-state index contributed by atoms with van der Waals surface area (Å²) in [5.41, 5.74) is 0. The average Bonchev–Trinajstić information content (AvgIpc) is 2.75. The monoisotopic (exact) mass is 283 g/mol. The van der Waals surface area contributed by atoms with Gasteiger partial charge in [-0.05, 0) is 12.1 Å². The van der Waals surface area contributed by atoms with E-state index in [1.165, 1.54) is 18.0 Å². The van der Waals surface area contributed by atoms with Crippen LogP contribution in [0.2, 0.25) is 5.02 Å². The molecule has 0 aliphatic heterocycles. The fourth-order valence-electron chi connectivity index (χ4n) is 1.16. The van der Waals surface area contributed by atoms with Crippen LogP contribution in [0.15, 0.2) is 29.8 Å². The van der Waals surface area contributed by atoms with Gasteiger partial charge in [0.25, 0.3) is 0 Å². The van der Waals surface area contributed by atoms with Crippen LogP contribution in [0.3, 0.4) is 0 Å². The van der Waals surface area contributed by atoms with Gasteiger partial charge >= 0.3 is 0 Å². The van der Waals surface area contributed by atoms with Crippen LogP contribution < -0.4 is 5.32 Å². The normalized spacial score (nSPS) is 10.3. The highest BCUT2D eigenvalue weighted by Gasteiger charge is 2.07. The molecule has 0 fully saturated rings. The van der Waals surface area contributed by atoms with Gasteiger partial charge in [0.2, 0.25) is 5.91 Å². The minimum Gasteiger partial charge on any atom is -0.312 e. The molecule has 2 aromatic rings. The molecule has 0 bridgehead atoms. The fourth-order valence-corrected chi connectivity index (χ4v) is 1.96. The van der Waals surface area contributed by atoms with Crippen molar-refractivity contribution < 1.29 is 4.79 Å². The highest BCUT2D eigenvalue weighted by molar-refractivity contribution is 7.99. The van der Waals surface area contributed by atoms with Crippen LogP contribution in [0.25, 0.3) is 0 Å². The van der Waals surface area contributed by atoms with E-state index in [1.807, 2.05) is 7.05 Å². The number of thioether (sulfide) groups is 1. The summed E-state index contributed by atoms with van der Waals surface area (Å²) in [5.74, 6) is 0.567. The van der Waals surface area contributed by atoms with Crippen molar-refractivity contribution in [2.75, 3.05) is 11.1 Å². The number of amides is 1. The number of aryl methyl sites for hydroxylation is 1. The third-order valence-corrected chi connectivity index (χ3v) is 3.26. The van der Waals surface area contributed by atoms with Gasteiger partial charge < -0.3 is 9.88 Å². The lowest BCUT2D eigenvalue weighted by molar-refractivity contribution is -0.113. The van der Waals surface area contributed by atoms with Crippen LogP contribution in [0.5, 0.6) is 0 Å². The number of pyridine rings is 1. The predicted octanol–water partition coefficient (Wildman–Crippen LogP) is 1.59. The first-order valence-corrected chi connectivity index (χ1v) is 6.40. The molecule has 1 amide bonds. The summed E-state index contributed by atoms with van der Waals surface area (Å²) in [5, 5.41) is 11.5. The fraction of sp³-hybridized carbons (Fsp3) is 0.200. The van der Waals surface area contributed by atoms with Gasteiger partial charge in [0, 0.05) is 13.2 Å².